The molecule has 1 aromatic carbocycles. The van der Waals surface area contributed by atoms with Gasteiger partial charge in [0.25, 0.3) is 0 Å². The summed E-state index contributed by atoms with van der Waals surface area (Å²) >= 11 is 0. The lowest BCUT2D eigenvalue weighted by atomic mass is 10.0. The zero-order valence-electron chi connectivity index (χ0n) is 11.3. The summed E-state index contributed by atoms with van der Waals surface area (Å²) in [6.45, 7) is 8.55. The first kappa shape index (κ1) is 14.0. The van der Waals surface area contributed by atoms with Crippen molar-refractivity contribution in [3.63, 3.8) is 0 Å². The number of hydrogen-bond donors (Lipinski definition) is 1. The minimum absolute atomic E-state index is 0.261. The van der Waals surface area contributed by atoms with Crippen molar-refractivity contribution in [1.82, 2.24) is 0 Å². The van der Waals surface area contributed by atoms with Crippen molar-refractivity contribution >= 4 is 5.69 Å². The minimum atomic E-state index is -0.658. The van der Waals surface area contributed by atoms with Gasteiger partial charge in [0.1, 0.15) is 5.82 Å². The first-order chi connectivity index (χ1) is 7.82. The van der Waals surface area contributed by atoms with Crippen LogP contribution in [-0.4, -0.2) is 18.7 Å². The quantitative estimate of drug-likeness (QED) is 0.871. The number of aliphatic hydroxyl groups excluding tert-OH is 1. The molecule has 0 saturated heterocycles. The SMILES string of the molecule is Cc1cc(N(C)CC(C)C)c(C(C)O)cc1F. The molecule has 1 atom stereocenters. The van der Waals surface area contributed by atoms with E-state index in [1.54, 1.807) is 19.9 Å². The summed E-state index contributed by atoms with van der Waals surface area (Å²) in [5, 5.41) is 9.71. The standard InChI is InChI=1S/C14H22FNO/c1-9(2)8-16(5)14-6-10(3)13(15)7-12(14)11(4)17/h6-7,9,11,17H,8H2,1-5H3. The largest absolute Gasteiger partial charge is 0.389 e. The third-order valence-corrected chi connectivity index (χ3v) is 2.81. The summed E-state index contributed by atoms with van der Waals surface area (Å²) in [5.41, 5.74) is 2.17. The molecule has 1 N–H and O–H groups in total. The molecule has 0 aliphatic carbocycles. The van der Waals surface area contributed by atoms with E-state index in [9.17, 15) is 9.50 Å². The average molecular weight is 239 g/mol. The van der Waals surface area contributed by atoms with Crippen LogP contribution >= 0.6 is 0 Å². The summed E-state index contributed by atoms with van der Waals surface area (Å²) in [6.07, 6.45) is -0.658. The van der Waals surface area contributed by atoms with Crippen LogP contribution in [0.15, 0.2) is 12.1 Å². The molecule has 0 fully saturated rings. The van der Waals surface area contributed by atoms with Crippen molar-refractivity contribution in [1.29, 1.82) is 0 Å². The van der Waals surface area contributed by atoms with Crippen LogP contribution in [0.25, 0.3) is 0 Å². The maximum Gasteiger partial charge on any atom is 0.126 e. The Kier molecular flexibility index (Phi) is 4.52. The highest BCUT2D eigenvalue weighted by molar-refractivity contribution is 5.56. The summed E-state index contributed by atoms with van der Waals surface area (Å²) in [4.78, 5) is 2.07. The van der Waals surface area contributed by atoms with Crippen molar-refractivity contribution in [3.8, 4) is 0 Å². The Morgan fingerprint density at radius 1 is 1.29 bits per heavy atom. The van der Waals surface area contributed by atoms with Gasteiger partial charge in [-0.05, 0) is 37.5 Å². The van der Waals surface area contributed by atoms with E-state index in [0.29, 0.717) is 17.0 Å². The van der Waals surface area contributed by atoms with Crippen LogP contribution in [0, 0.1) is 18.7 Å². The van der Waals surface area contributed by atoms with Crippen LogP contribution in [0.3, 0.4) is 0 Å². The highest BCUT2D eigenvalue weighted by Crippen LogP contribution is 2.29. The number of halogens is 1. The Morgan fingerprint density at radius 2 is 1.88 bits per heavy atom. The molecule has 0 aromatic heterocycles. The summed E-state index contributed by atoms with van der Waals surface area (Å²) < 4.78 is 13.5. The lowest BCUT2D eigenvalue weighted by Gasteiger charge is -2.26. The van der Waals surface area contributed by atoms with E-state index >= 15 is 0 Å². The Bertz CT molecular complexity index is 388. The van der Waals surface area contributed by atoms with E-state index in [0.717, 1.165) is 12.2 Å². The molecule has 0 spiro atoms. The number of rotatable bonds is 4. The number of hydrogen-bond acceptors (Lipinski definition) is 2. The van der Waals surface area contributed by atoms with Gasteiger partial charge in [-0.15, -0.1) is 0 Å². The Hall–Kier alpha value is -1.09. The van der Waals surface area contributed by atoms with Gasteiger partial charge < -0.3 is 10.0 Å². The van der Waals surface area contributed by atoms with Crippen LogP contribution in [0.1, 0.15) is 38.0 Å². The van der Waals surface area contributed by atoms with Crippen molar-refractivity contribution in [2.75, 3.05) is 18.5 Å². The second-order valence-electron chi connectivity index (χ2n) is 5.11. The van der Waals surface area contributed by atoms with Crippen LogP contribution in [0.2, 0.25) is 0 Å². The molecule has 0 heterocycles. The Labute approximate surface area is 103 Å². The van der Waals surface area contributed by atoms with E-state index in [2.05, 4.69) is 18.7 Å². The molecular weight excluding hydrogens is 217 g/mol. The van der Waals surface area contributed by atoms with Gasteiger partial charge in [0.15, 0.2) is 0 Å². The lowest BCUT2D eigenvalue weighted by molar-refractivity contribution is 0.199. The molecule has 96 valence electrons. The molecule has 1 unspecified atom stereocenters. The number of aryl methyl sites for hydroxylation is 1. The maximum atomic E-state index is 13.5. The fourth-order valence-electron chi connectivity index (χ4n) is 1.99. The fraction of sp³-hybridized carbons (Fsp3) is 0.571. The van der Waals surface area contributed by atoms with Crippen LogP contribution in [0.4, 0.5) is 10.1 Å². The number of anilines is 1. The molecule has 2 nitrogen and oxygen atoms in total. The Balaban J connectivity index is 3.16. The maximum absolute atomic E-state index is 13.5. The molecule has 0 radical (unpaired) electrons. The predicted octanol–water partition coefficient (Wildman–Crippen LogP) is 3.28. The van der Waals surface area contributed by atoms with Gasteiger partial charge in [-0.3, -0.25) is 0 Å². The van der Waals surface area contributed by atoms with Gasteiger partial charge in [-0.1, -0.05) is 13.8 Å². The molecule has 1 rings (SSSR count). The molecular formula is C14H22FNO. The summed E-state index contributed by atoms with van der Waals surface area (Å²) in [6, 6.07) is 3.24. The lowest BCUT2D eigenvalue weighted by Crippen LogP contribution is -2.24. The monoisotopic (exact) mass is 239 g/mol. The van der Waals surface area contributed by atoms with Crippen LogP contribution in [-0.2, 0) is 0 Å². The predicted molar refractivity (Wildman–Crippen MR) is 69.9 cm³/mol. The van der Waals surface area contributed by atoms with E-state index in [1.165, 1.54) is 6.07 Å². The van der Waals surface area contributed by atoms with Crippen molar-refractivity contribution in [2.24, 2.45) is 5.92 Å². The molecule has 0 bridgehead atoms. The van der Waals surface area contributed by atoms with Crippen molar-refractivity contribution in [3.05, 3.63) is 29.1 Å². The zero-order chi connectivity index (χ0) is 13.2. The molecule has 0 saturated carbocycles. The third-order valence-electron chi connectivity index (χ3n) is 2.81. The molecule has 17 heavy (non-hydrogen) atoms. The van der Waals surface area contributed by atoms with Crippen molar-refractivity contribution < 1.29 is 9.50 Å². The smallest absolute Gasteiger partial charge is 0.126 e. The highest BCUT2D eigenvalue weighted by Gasteiger charge is 2.15. The molecule has 0 amide bonds. The van der Waals surface area contributed by atoms with Gasteiger partial charge in [-0.2, -0.15) is 0 Å². The highest BCUT2D eigenvalue weighted by atomic mass is 19.1. The zero-order valence-corrected chi connectivity index (χ0v) is 11.3. The number of aliphatic hydroxyl groups is 1. The average Bonchev–Trinajstić information content (AvgIpc) is 2.19. The minimum Gasteiger partial charge on any atom is -0.389 e. The van der Waals surface area contributed by atoms with E-state index in [1.807, 2.05) is 7.05 Å². The summed E-state index contributed by atoms with van der Waals surface area (Å²) in [7, 11) is 1.97. The molecule has 0 aliphatic rings. The van der Waals surface area contributed by atoms with E-state index in [4.69, 9.17) is 0 Å². The number of nitrogens with zero attached hydrogens (tertiary/aromatic N) is 1. The number of benzene rings is 1. The molecule has 0 aliphatic heterocycles. The fourth-order valence-corrected chi connectivity index (χ4v) is 1.99. The van der Waals surface area contributed by atoms with Crippen LogP contribution in [0.5, 0.6) is 0 Å². The van der Waals surface area contributed by atoms with Gasteiger partial charge in [-0.25, -0.2) is 4.39 Å². The first-order valence-electron chi connectivity index (χ1n) is 6.02. The van der Waals surface area contributed by atoms with Crippen molar-refractivity contribution in [2.45, 2.75) is 33.8 Å². The first-order valence-corrected chi connectivity index (χ1v) is 6.02. The van der Waals surface area contributed by atoms with E-state index in [-0.39, 0.29) is 5.82 Å². The van der Waals surface area contributed by atoms with Gasteiger partial charge in [0.2, 0.25) is 0 Å². The summed E-state index contributed by atoms with van der Waals surface area (Å²) in [5.74, 6) is 0.259. The van der Waals surface area contributed by atoms with Gasteiger partial charge in [0.05, 0.1) is 6.10 Å². The van der Waals surface area contributed by atoms with Gasteiger partial charge in [0, 0.05) is 24.8 Å². The second kappa shape index (κ2) is 5.50. The topological polar surface area (TPSA) is 23.5 Å². The normalized spacial score (nSPS) is 12.9. The molecule has 1 aromatic rings. The van der Waals surface area contributed by atoms with E-state index < -0.39 is 6.10 Å². The third kappa shape index (κ3) is 3.43. The second-order valence-corrected chi connectivity index (χ2v) is 5.11. The van der Waals surface area contributed by atoms with Gasteiger partial charge >= 0.3 is 0 Å². The van der Waals surface area contributed by atoms with Crippen LogP contribution < -0.4 is 4.90 Å². The Morgan fingerprint density at radius 3 is 2.35 bits per heavy atom. The molecule has 3 heteroatoms.